The minimum Gasteiger partial charge on any atom is -0.399 e. The van der Waals surface area contributed by atoms with Gasteiger partial charge in [-0.2, -0.15) is 0 Å². The van der Waals surface area contributed by atoms with Gasteiger partial charge in [-0.3, -0.25) is 0 Å². The number of imidazole rings is 1. The first-order valence-electron chi connectivity index (χ1n) is 4.11. The molecule has 13 heavy (non-hydrogen) atoms. The topological polar surface area (TPSA) is 43.8 Å². The fraction of sp³-hybridized carbons (Fsp3) is 0.100. The summed E-state index contributed by atoms with van der Waals surface area (Å²) in [6.07, 6.45) is 5.40. The van der Waals surface area contributed by atoms with Crippen LogP contribution in [0.5, 0.6) is 0 Å². The van der Waals surface area contributed by atoms with Crippen LogP contribution >= 0.6 is 0 Å². The van der Waals surface area contributed by atoms with Gasteiger partial charge in [0, 0.05) is 23.8 Å². The number of hydrogen-bond acceptors (Lipinski definition) is 2. The number of aryl methyl sites for hydroxylation is 1. The van der Waals surface area contributed by atoms with Gasteiger partial charge in [-0.15, -0.1) is 0 Å². The van der Waals surface area contributed by atoms with Crippen LogP contribution in [0.2, 0.25) is 0 Å². The Bertz CT molecular complexity index is 384. The molecular formula is C10H11N3. The minimum absolute atomic E-state index is 0.781. The van der Waals surface area contributed by atoms with Crippen LogP contribution in [0.3, 0.4) is 0 Å². The molecule has 2 rings (SSSR count). The summed E-state index contributed by atoms with van der Waals surface area (Å²) in [6, 6.07) is 5.94. The largest absolute Gasteiger partial charge is 0.399 e. The van der Waals surface area contributed by atoms with Crippen LogP contribution < -0.4 is 5.73 Å². The van der Waals surface area contributed by atoms with Crippen molar-refractivity contribution in [2.24, 2.45) is 0 Å². The second-order valence-electron chi connectivity index (χ2n) is 3.07. The third-order valence-electron chi connectivity index (χ3n) is 1.89. The summed E-state index contributed by atoms with van der Waals surface area (Å²) in [5, 5.41) is 0. The zero-order valence-electron chi connectivity index (χ0n) is 7.44. The van der Waals surface area contributed by atoms with Gasteiger partial charge in [-0.25, -0.2) is 4.98 Å². The van der Waals surface area contributed by atoms with Crippen molar-refractivity contribution in [3.05, 3.63) is 42.5 Å². The lowest BCUT2D eigenvalue weighted by atomic mass is 10.2. The molecule has 0 saturated carbocycles. The fourth-order valence-electron chi connectivity index (χ4n) is 1.35. The van der Waals surface area contributed by atoms with Crippen molar-refractivity contribution in [2.45, 2.75) is 6.92 Å². The molecule has 1 aromatic heterocycles. The van der Waals surface area contributed by atoms with E-state index in [-0.39, 0.29) is 0 Å². The highest BCUT2D eigenvalue weighted by atomic mass is 15.0. The van der Waals surface area contributed by atoms with E-state index in [1.165, 1.54) is 0 Å². The molecule has 66 valence electrons. The van der Waals surface area contributed by atoms with Crippen molar-refractivity contribution in [1.29, 1.82) is 0 Å². The number of anilines is 1. The molecule has 0 aliphatic rings. The van der Waals surface area contributed by atoms with Crippen LogP contribution in [-0.2, 0) is 0 Å². The van der Waals surface area contributed by atoms with Crippen LogP contribution in [0, 0.1) is 6.92 Å². The second-order valence-corrected chi connectivity index (χ2v) is 3.07. The standard InChI is InChI=1S/C10H11N3/c1-8-4-9(11)6-10(5-8)13-3-2-12-7-13/h2-7H,11H2,1H3. The highest BCUT2D eigenvalue weighted by Gasteiger charge is 1.97. The molecule has 0 aliphatic carbocycles. The van der Waals surface area contributed by atoms with Crippen molar-refractivity contribution in [2.75, 3.05) is 5.73 Å². The third-order valence-corrected chi connectivity index (χ3v) is 1.89. The molecule has 0 spiro atoms. The number of nitrogens with zero attached hydrogens (tertiary/aromatic N) is 2. The molecule has 2 N–H and O–H groups in total. The van der Waals surface area contributed by atoms with E-state index >= 15 is 0 Å². The lowest BCUT2D eigenvalue weighted by Gasteiger charge is -2.04. The van der Waals surface area contributed by atoms with Crippen LogP contribution in [0.15, 0.2) is 36.9 Å². The van der Waals surface area contributed by atoms with Gasteiger partial charge in [-0.1, -0.05) is 0 Å². The summed E-state index contributed by atoms with van der Waals surface area (Å²) >= 11 is 0. The molecule has 1 heterocycles. The Kier molecular flexibility index (Phi) is 1.77. The first-order valence-corrected chi connectivity index (χ1v) is 4.11. The van der Waals surface area contributed by atoms with Gasteiger partial charge in [0.25, 0.3) is 0 Å². The second kappa shape index (κ2) is 2.94. The van der Waals surface area contributed by atoms with Crippen molar-refractivity contribution in [1.82, 2.24) is 9.55 Å². The molecule has 0 saturated heterocycles. The molecule has 3 nitrogen and oxygen atoms in total. The van der Waals surface area contributed by atoms with Crippen molar-refractivity contribution in [3.8, 4) is 5.69 Å². The zero-order chi connectivity index (χ0) is 9.26. The van der Waals surface area contributed by atoms with Gasteiger partial charge in [0.2, 0.25) is 0 Å². The molecule has 2 aromatic rings. The molecule has 0 bridgehead atoms. The Morgan fingerprint density at radius 3 is 2.77 bits per heavy atom. The Labute approximate surface area is 76.8 Å². The molecule has 1 aromatic carbocycles. The smallest absolute Gasteiger partial charge is 0.0991 e. The number of rotatable bonds is 1. The van der Waals surface area contributed by atoms with E-state index in [0.717, 1.165) is 16.9 Å². The zero-order valence-corrected chi connectivity index (χ0v) is 7.44. The maximum Gasteiger partial charge on any atom is 0.0991 e. The molecule has 0 atom stereocenters. The summed E-state index contributed by atoms with van der Waals surface area (Å²) in [7, 11) is 0. The number of benzene rings is 1. The highest BCUT2D eigenvalue weighted by Crippen LogP contribution is 2.14. The number of nitrogen functional groups attached to an aromatic ring is 1. The van der Waals surface area contributed by atoms with E-state index in [1.807, 2.05) is 29.8 Å². The molecule has 0 amide bonds. The van der Waals surface area contributed by atoms with Gasteiger partial charge in [-0.05, 0) is 30.7 Å². The van der Waals surface area contributed by atoms with Crippen LogP contribution in [0.1, 0.15) is 5.56 Å². The SMILES string of the molecule is Cc1cc(N)cc(-n2ccnc2)c1. The minimum atomic E-state index is 0.781. The third kappa shape index (κ3) is 1.54. The summed E-state index contributed by atoms with van der Waals surface area (Å²) < 4.78 is 1.93. The Morgan fingerprint density at radius 2 is 2.15 bits per heavy atom. The Balaban J connectivity index is 2.53. The average Bonchev–Trinajstić information content (AvgIpc) is 2.53. The van der Waals surface area contributed by atoms with Crippen molar-refractivity contribution >= 4 is 5.69 Å². The Hall–Kier alpha value is -1.77. The summed E-state index contributed by atoms with van der Waals surface area (Å²) in [5.74, 6) is 0. The maximum absolute atomic E-state index is 5.73. The molecule has 0 unspecified atom stereocenters. The summed E-state index contributed by atoms with van der Waals surface area (Å²) in [6.45, 7) is 2.02. The van der Waals surface area contributed by atoms with E-state index in [2.05, 4.69) is 11.1 Å². The van der Waals surface area contributed by atoms with Gasteiger partial charge < -0.3 is 10.3 Å². The van der Waals surface area contributed by atoms with Gasteiger partial charge in [0.1, 0.15) is 0 Å². The molecule has 0 aliphatic heterocycles. The van der Waals surface area contributed by atoms with Crippen LogP contribution in [-0.4, -0.2) is 9.55 Å². The number of aromatic nitrogens is 2. The predicted molar refractivity (Wildman–Crippen MR) is 52.7 cm³/mol. The monoisotopic (exact) mass is 173 g/mol. The van der Waals surface area contributed by atoms with Gasteiger partial charge in [0.15, 0.2) is 0 Å². The quantitative estimate of drug-likeness (QED) is 0.668. The van der Waals surface area contributed by atoms with Gasteiger partial charge >= 0.3 is 0 Å². The van der Waals surface area contributed by atoms with Gasteiger partial charge in [0.05, 0.1) is 6.33 Å². The lowest BCUT2D eigenvalue weighted by molar-refractivity contribution is 1.05. The number of nitrogens with two attached hydrogens (primary N) is 1. The molecule has 0 fully saturated rings. The first-order chi connectivity index (χ1) is 6.25. The predicted octanol–water partition coefficient (Wildman–Crippen LogP) is 1.76. The van der Waals surface area contributed by atoms with Crippen molar-refractivity contribution < 1.29 is 0 Å². The number of hydrogen-bond donors (Lipinski definition) is 1. The van der Waals surface area contributed by atoms with Crippen LogP contribution in [0.25, 0.3) is 5.69 Å². The molecule has 0 radical (unpaired) electrons. The lowest BCUT2D eigenvalue weighted by Crippen LogP contribution is -1.93. The summed E-state index contributed by atoms with van der Waals surface area (Å²) in [5.41, 5.74) is 8.72. The molecule has 3 heteroatoms. The van der Waals surface area contributed by atoms with E-state index < -0.39 is 0 Å². The highest BCUT2D eigenvalue weighted by molar-refractivity contribution is 5.50. The first kappa shape index (κ1) is 7.86. The normalized spacial score (nSPS) is 10.2. The van der Waals surface area contributed by atoms with E-state index in [0.29, 0.717) is 0 Å². The Morgan fingerprint density at radius 1 is 1.31 bits per heavy atom. The maximum atomic E-state index is 5.73. The fourth-order valence-corrected chi connectivity index (χ4v) is 1.35. The van der Waals surface area contributed by atoms with E-state index in [4.69, 9.17) is 5.73 Å². The van der Waals surface area contributed by atoms with Crippen LogP contribution in [0.4, 0.5) is 5.69 Å². The van der Waals surface area contributed by atoms with E-state index in [1.54, 1.807) is 12.5 Å². The van der Waals surface area contributed by atoms with Crippen molar-refractivity contribution in [3.63, 3.8) is 0 Å². The van der Waals surface area contributed by atoms with E-state index in [9.17, 15) is 0 Å². The summed E-state index contributed by atoms with van der Waals surface area (Å²) in [4.78, 5) is 3.98. The molecular weight excluding hydrogens is 162 g/mol. The average molecular weight is 173 g/mol.